The number of pyridine rings is 1. The first kappa shape index (κ1) is 18.3. The molecule has 0 unspecified atom stereocenters. The van der Waals surface area contributed by atoms with Gasteiger partial charge in [-0.2, -0.15) is 5.26 Å². The van der Waals surface area contributed by atoms with Crippen LogP contribution in [0.2, 0.25) is 0 Å². The second-order valence-electron chi connectivity index (χ2n) is 7.21. The predicted molar refractivity (Wildman–Crippen MR) is 102 cm³/mol. The Labute approximate surface area is 156 Å². The standard InChI is InChI=1S/C20H20N4O3/c1-12-9-13(27-20(2,3)4)5-6-14(12)19(26)23-18-10-17(25)15(11-21)16-7-8-22-24(16)18/h5-10,22H,1-4H3,(H,23,26). The molecule has 0 atom stereocenters. The third kappa shape index (κ3) is 3.70. The van der Waals surface area contributed by atoms with E-state index in [-0.39, 0.29) is 22.9 Å². The number of nitriles is 1. The Kier molecular flexibility index (Phi) is 4.50. The fourth-order valence-electron chi connectivity index (χ4n) is 2.81. The smallest absolute Gasteiger partial charge is 0.257 e. The summed E-state index contributed by atoms with van der Waals surface area (Å²) >= 11 is 0. The topological polar surface area (TPSA) is 99.4 Å². The summed E-state index contributed by atoms with van der Waals surface area (Å²) in [4.78, 5) is 24.8. The van der Waals surface area contributed by atoms with Crippen LogP contribution in [-0.2, 0) is 0 Å². The lowest BCUT2D eigenvalue weighted by atomic mass is 10.1. The summed E-state index contributed by atoms with van der Waals surface area (Å²) in [5.74, 6) is 0.582. The Balaban J connectivity index is 1.93. The Morgan fingerprint density at radius 1 is 1.26 bits per heavy atom. The van der Waals surface area contributed by atoms with Gasteiger partial charge in [0, 0.05) is 17.8 Å². The van der Waals surface area contributed by atoms with Crippen LogP contribution in [0.3, 0.4) is 0 Å². The van der Waals surface area contributed by atoms with Crippen LogP contribution in [0.15, 0.2) is 41.3 Å². The molecule has 1 amide bonds. The molecule has 0 fully saturated rings. The Morgan fingerprint density at radius 2 is 2.00 bits per heavy atom. The molecule has 2 heterocycles. The van der Waals surface area contributed by atoms with Crippen LogP contribution < -0.4 is 15.5 Å². The Morgan fingerprint density at radius 3 is 2.63 bits per heavy atom. The molecule has 2 N–H and O–H groups in total. The molecule has 0 saturated heterocycles. The van der Waals surface area contributed by atoms with E-state index in [4.69, 9.17) is 10.00 Å². The summed E-state index contributed by atoms with van der Waals surface area (Å²) in [6, 6.07) is 9.95. The molecule has 138 valence electrons. The molecule has 7 heteroatoms. The van der Waals surface area contributed by atoms with Gasteiger partial charge >= 0.3 is 0 Å². The number of aromatic amines is 1. The van der Waals surface area contributed by atoms with Gasteiger partial charge in [0.1, 0.15) is 28.8 Å². The van der Waals surface area contributed by atoms with E-state index in [0.29, 0.717) is 16.8 Å². The lowest BCUT2D eigenvalue weighted by Crippen LogP contribution is -2.23. The molecule has 0 spiro atoms. The van der Waals surface area contributed by atoms with Crippen molar-refractivity contribution in [2.75, 3.05) is 5.32 Å². The average Bonchev–Trinajstić information content (AvgIpc) is 3.03. The maximum absolute atomic E-state index is 12.7. The molecule has 27 heavy (non-hydrogen) atoms. The zero-order valence-electron chi connectivity index (χ0n) is 15.6. The van der Waals surface area contributed by atoms with Crippen molar-refractivity contribution in [2.45, 2.75) is 33.3 Å². The third-order valence-electron chi connectivity index (χ3n) is 3.92. The molecule has 2 aromatic heterocycles. The number of fused-ring (bicyclic) bond motifs is 1. The molecule has 3 aromatic rings. The minimum Gasteiger partial charge on any atom is -0.488 e. The summed E-state index contributed by atoms with van der Waals surface area (Å²) in [5, 5.41) is 14.8. The number of amides is 1. The summed E-state index contributed by atoms with van der Waals surface area (Å²) in [7, 11) is 0. The van der Waals surface area contributed by atoms with Crippen LogP contribution in [0.4, 0.5) is 5.82 Å². The highest BCUT2D eigenvalue weighted by molar-refractivity contribution is 6.05. The number of hydrogen-bond donors (Lipinski definition) is 2. The highest BCUT2D eigenvalue weighted by Gasteiger charge is 2.17. The molecular formula is C20H20N4O3. The highest BCUT2D eigenvalue weighted by Crippen LogP contribution is 2.22. The van der Waals surface area contributed by atoms with Gasteiger partial charge in [0.2, 0.25) is 5.43 Å². The van der Waals surface area contributed by atoms with Crippen molar-refractivity contribution in [1.29, 1.82) is 5.26 Å². The summed E-state index contributed by atoms with van der Waals surface area (Å²) in [6.45, 7) is 7.67. The van der Waals surface area contributed by atoms with Gasteiger partial charge in [-0.15, -0.1) is 0 Å². The van der Waals surface area contributed by atoms with Crippen LogP contribution in [0.5, 0.6) is 5.75 Å². The zero-order chi connectivity index (χ0) is 19.8. The van der Waals surface area contributed by atoms with Crippen LogP contribution in [0, 0.1) is 18.3 Å². The van der Waals surface area contributed by atoms with Gasteiger partial charge in [0.25, 0.3) is 5.91 Å². The van der Waals surface area contributed by atoms with Crippen molar-refractivity contribution in [2.24, 2.45) is 0 Å². The molecule has 0 saturated carbocycles. The van der Waals surface area contributed by atoms with Crippen LogP contribution in [-0.4, -0.2) is 21.1 Å². The number of rotatable bonds is 3. The number of carbonyl (C=O) groups excluding carboxylic acids is 1. The van der Waals surface area contributed by atoms with Gasteiger partial charge in [-0.25, -0.2) is 4.52 Å². The number of carbonyl (C=O) groups is 1. The van der Waals surface area contributed by atoms with Gasteiger partial charge in [-0.1, -0.05) is 0 Å². The fraction of sp³-hybridized carbons (Fsp3) is 0.250. The largest absolute Gasteiger partial charge is 0.488 e. The molecule has 0 bridgehead atoms. The first-order valence-electron chi connectivity index (χ1n) is 8.44. The average molecular weight is 364 g/mol. The SMILES string of the molecule is Cc1cc(OC(C)(C)C)ccc1C(=O)Nc1cc(=O)c(C#N)c2cc[nH]n12. The molecule has 0 aliphatic rings. The number of nitrogens with one attached hydrogen (secondary N) is 2. The summed E-state index contributed by atoms with van der Waals surface area (Å²) < 4.78 is 7.30. The molecule has 7 nitrogen and oxygen atoms in total. The fourth-order valence-corrected chi connectivity index (χ4v) is 2.81. The normalized spacial score (nSPS) is 11.2. The molecule has 0 radical (unpaired) electrons. The molecule has 0 aliphatic heterocycles. The van der Waals surface area contributed by atoms with Gasteiger partial charge in [0.15, 0.2) is 0 Å². The number of anilines is 1. The maximum Gasteiger partial charge on any atom is 0.257 e. The Hall–Kier alpha value is -3.53. The van der Waals surface area contributed by atoms with Crippen molar-refractivity contribution in [3.8, 4) is 11.8 Å². The van der Waals surface area contributed by atoms with Crippen molar-refractivity contribution in [3.63, 3.8) is 0 Å². The van der Waals surface area contributed by atoms with Crippen LogP contribution in [0.25, 0.3) is 5.52 Å². The number of nitrogens with zero attached hydrogens (tertiary/aromatic N) is 2. The number of hydrogen-bond acceptors (Lipinski definition) is 4. The monoisotopic (exact) mass is 364 g/mol. The minimum atomic E-state index is -0.446. The van der Waals surface area contributed by atoms with E-state index in [9.17, 15) is 9.59 Å². The van der Waals surface area contributed by atoms with Crippen molar-refractivity contribution >= 4 is 17.2 Å². The molecule has 1 aromatic carbocycles. The minimum absolute atomic E-state index is 0.0223. The number of H-pyrrole nitrogens is 1. The van der Waals surface area contributed by atoms with Crippen LogP contribution >= 0.6 is 0 Å². The number of ether oxygens (including phenoxy) is 1. The van der Waals surface area contributed by atoms with Gasteiger partial charge < -0.3 is 10.1 Å². The second kappa shape index (κ2) is 6.65. The third-order valence-corrected chi connectivity index (χ3v) is 3.92. The summed E-state index contributed by atoms with van der Waals surface area (Å²) in [5.41, 5.74) is 0.864. The first-order valence-corrected chi connectivity index (χ1v) is 8.44. The van der Waals surface area contributed by atoms with Gasteiger partial charge in [-0.05, 0) is 57.5 Å². The van der Waals surface area contributed by atoms with Gasteiger partial charge in [0.05, 0.1) is 5.52 Å². The molecule has 0 aliphatic carbocycles. The van der Waals surface area contributed by atoms with E-state index >= 15 is 0 Å². The quantitative estimate of drug-likeness (QED) is 0.745. The summed E-state index contributed by atoms with van der Waals surface area (Å²) in [6.07, 6.45) is 1.59. The highest BCUT2D eigenvalue weighted by atomic mass is 16.5. The number of aromatic nitrogens is 2. The molecular weight excluding hydrogens is 344 g/mol. The second-order valence-corrected chi connectivity index (χ2v) is 7.21. The lowest BCUT2D eigenvalue weighted by molar-refractivity contribution is 0.102. The number of aryl methyl sites for hydroxylation is 1. The van der Waals surface area contributed by atoms with E-state index in [1.54, 1.807) is 30.5 Å². The van der Waals surface area contributed by atoms with E-state index in [1.165, 1.54) is 10.6 Å². The van der Waals surface area contributed by atoms with E-state index in [1.807, 2.05) is 33.8 Å². The zero-order valence-corrected chi connectivity index (χ0v) is 15.6. The first-order chi connectivity index (χ1) is 12.7. The van der Waals surface area contributed by atoms with E-state index < -0.39 is 5.43 Å². The van der Waals surface area contributed by atoms with Crippen LogP contribution in [0.1, 0.15) is 42.3 Å². The van der Waals surface area contributed by atoms with Crippen molar-refractivity contribution < 1.29 is 9.53 Å². The lowest BCUT2D eigenvalue weighted by Gasteiger charge is -2.22. The number of benzene rings is 1. The van der Waals surface area contributed by atoms with Gasteiger partial charge in [-0.3, -0.25) is 14.7 Å². The Bertz CT molecular complexity index is 1130. The van der Waals surface area contributed by atoms with Crippen molar-refractivity contribution in [1.82, 2.24) is 9.61 Å². The van der Waals surface area contributed by atoms with E-state index in [0.717, 1.165) is 5.56 Å². The predicted octanol–water partition coefficient (Wildman–Crippen LogP) is 3.24. The molecule has 3 rings (SSSR count). The van der Waals surface area contributed by atoms with Crippen molar-refractivity contribution in [3.05, 3.63) is 63.4 Å². The maximum atomic E-state index is 12.7. The van der Waals surface area contributed by atoms with E-state index in [2.05, 4.69) is 10.4 Å².